The molecule has 1 unspecified atom stereocenters. The first-order chi connectivity index (χ1) is 14.0. The van der Waals surface area contributed by atoms with Crippen molar-refractivity contribution in [3.63, 3.8) is 0 Å². The minimum atomic E-state index is 0.0409. The number of carbonyl (C=O) groups excluding carboxylic acids is 1. The van der Waals surface area contributed by atoms with Crippen LogP contribution in [0.1, 0.15) is 54.9 Å². The Hall–Kier alpha value is -2.13. The van der Waals surface area contributed by atoms with E-state index in [0.29, 0.717) is 12.2 Å². The Bertz CT molecular complexity index is 816. The lowest BCUT2D eigenvalue weighted by molar-refractivity contribution is -0.959. The molecule has 2 aromatic carbocycles. The minimum absolute atomic E-state index is 0.0409. The second kappa shape index (κ2) is 9.58. The summed E-state index contributed by atoms with van der Waals surface area (Å²) in [5.41, 5.74) is 4.88. The highest BCUT2D eigenvalue weighted by atomic mass is 16.5. The molecule has 0 radical (unpaired) electrons. The number of piperidine rings is 1. The zero-order chi connectivity index (χ0) is 20.9. The van der Waals surface area contributed by atoms with Gasteiger partial charge in [-0.05, 0) is 61.9 Å². The van der Waals surface area contributed by atoms with Gasteiger partial charge in [-0.1, -0.05) is 37.3 Å². The first-order valence-electron chi connectivity index (χ1n) is 11.1. The van der Waals surface area contributed by atoms with Gasteiger partial charge in [0, 0.05) is 18.4 Å². The van der Waals surface area contributed by atoms with Gasteiger partial charge in [0.25, 0.3) is 0 Å². The van der Waals surface area contributed by atoms with Gasteiger partial charge >= 0.3 is 0 Å². The summed E-state index contributed by atoms with van der Waals surface area (Å²) in [5, 5.41) is 0. The van der Waals surface area contributed by atoms with Crippen LogP contribution in [0.4, 0.5) is 0 Å². The Morgan fingerprint density at radius 3 is 2.28 bits per heavy atom. The third-order valence-corrected chi connectivity index (χ3v) is 6.80. The molecule has 1 aliphatic heterocycles. The number of nitrogens with zero attached hydrogens (tertiary/aromatic N) is 1. The molecule has 1 atom stereocenters. The van der Waals surface area contributed by atoms with Gasteiger partial charge in [-0.25, -0.2) is 0 Å². The largest absolute Gasteiger partial charge is 0.496 e. The molecule has 1 saturated heterocycles. The molecule has 0 aromatic heterocycles. The van der Waals surface area contributed by atoms with Gasteiger partial charge in [0.1, 0.15) is 18.3 Å². The van der Waals surface area contributed by atoms with Crippen molar-refractivity contribution in [2.75, 3.05) is 20.2 Å². The number of benzene rings is 2. The number of ketones is 1. The van der Waals surface area contributed by atoms with E-state index in [1.165, 1.54) is 41.5 Å². The van der Waals surface area contributed by atoms with Crippen LogP contribution in [0.15, 0.2) is 42.5 Å². The van der Waals surface area contributed by atoms with Crippen molar-refractivity contribution in [1.82, 2.24) is 0 Å². The van der Waals surface area contributed by atoms with Crippen LogP contribution in [0, 0.1) is 13.8 Å². The first kappa shape index (κ1) is 21.6. The van der Waals surface area contributed by atoms with Crippen molar-refractivity contribution in [1.29, 1.82) is 0 Å². The molecule has 3 rings (SSSR count). The van der Waals surface area contributed by atoms with E-state index in [4.69, 9.17) is 4.74 Å². The van der Waals surface area contributed by atoms with Crippen molar-refractivity contribution in [3.05, 3.63) is 64.7 Å². The molecule has 29 heavy (non-hydrogen) atoms. The van der Waals surface area contributed by atoms with E-state index < -0.39 is 0 Å². The van der Waals surface area contributed by atoms with Gasteiger partial charge in [0.2, 0.25) is 0 Å². The SMILES string of the molecule is CCC(C(=O)Cc1c(C)cccc1C)[N+]1(Cc2ccccc2OC)CCCCC1. The lowest BCUT2D eigenvalue weighted by Crippen LogP contribution is -2.60. The lowest BCUT2D eigenvalue weighted by Gasteiger charge is -2.46. The Morgan fingerprint density at radius 1 is 1.00 bits per heavy atom. The minimum Gasteiger partial charge on any atom is -0.496 e. The van der Waals surface area contributed by atoms with Gasteiger partial charge in [0.05, 0.1) is 20.2 Å². The number of ether oxygens (including phenoxy) is 1. The molecule has 0 amide bonds. The highest BCUT2D eigenvalue weighted by Gasteiger charge is 2.42. The predicted octanol–water partition coefficient (Wildman–Crippen LogP) is 5.40. The quantitative estimate of drug-likeness (QED) is 0.560. The number of quaternary nitrogens is 1. The Kier molecular flexibility index (Phi) is 7.13. The number of para-hydroxylation sites is 1. The number of likely N-dealkylation sites (tertiary alicyclic amines) is 1. The summed E-state index contributed by atoms with van der Waals surface area (Å²) in [6, 6.07) is 14.7. The van der Waals surface area contributed by atoms with E-state index >= 15 is 0 Å². The topological polar surface area (TPSA) is 26.3 Å². The monoisotopic (exact) mass is 394 g/mol. The standard InChI is InChI=1S/C26H36NO2/c1-5-24(25(28)18-23-20(2)12-11-13-21(23)3)27(16-9-6-10-17-27)19-22-14-7-8-15-26(22)29-4/h7-8,11-15,24H,5-6,9-10,16-19H2,1-4H3/q+1. The summed E-state index contributed by atoms with van der Waals surface area (Å²) < 4.78 is 6.51. The van der Waals surface area contributed by atoms with Gasteiger partial charge in [0.15, 0.2) is 5.78 Å². The number of hydrogen-bond donors (Lipinski definition) is 0. The summed E-state index contributed by atoms with van der Waals surface area (Å²) >= 11 is 0. The maximum absolute atomic E-state index is 13.7. The van der Waals surface area contributed by atoms with Crippen molar-refractivity contribution >= 4 is 5.78 Å². The van der Waals surface area contributed by atoms with Gasteiger partial charge in [-0.2, -0.15) is 0 Å². The number of Topliss-reactive ketones (excluding diaryl/α,β-unsaturated/α-hetero) is 1. The fourth-order valence-corrected chi connectivity index (χ4v) is 5.24. The normalized spacial score (nSPS) is 17.0. The molecule has 3 nitrogen and oxygen atoms in total. The van der Waals surface area contributed by atoms with E-state index in [1.807, 2.05) is 12.1 Å². The summed E-state index contributed by atoms with van der Waals surface area (Å²) in [4.78, 5) is 13.7. The molecule has 3 heteroatoms. The third kappa shape index (κ3) is 4.72. The Labute approximate surface area is 176 Å². The van der Waals surface area contributed by atoms with Gasteiger partial charge in [-0.3, -0.25) is 4.79 Å². The summed E-state index contributed by atoms with van der Waals surface area (Å²) in [5.74, 6) is 1.33. The molecule has 156 valence electrons. The maximum atomic E-state index is 13.7. The van der Waals surface area contributed by atoms with Crippen LogP contribution in [0.2, 0.25) is 0 Å². The van der Waals surface area contributed by atoms with Crippen molar-refractivity contribution < 1.29 is 14.0 Å². The molecule has 2 aromatic rings. The van der Waals surface area contributed by atoms with Crippen LogP contribution in [0.5, 0.6) is 5.75 Å². The Morgan fingerprint density at radius 2 is 1.66 bits per heavy atom. The summed E-state index contributed by atoms with van der Waals surface area (Å²) in [6.45, 7) is 9.46. The molecule has 0 aliphatic carbocycles. The number of hydrogen-bond acceptors (Lipinski definition) is 2. The fraction of sp³-hybridized carbons (Fsp3) is 0.500. The molecular weight excluding hydrogens is 358 g/mol. The van der Waals surface area contributed by atoms with Gasteiger partial charge < -0.3 is 9.22 Å². The fourth-order valence-electron chi connectivity index (χ4n) is 5.24. The molecule has 0 bridgehead atoms. The van der Waals surface area contributed by atoms with E-state index in [0.717, 1.165) is 36.3 Å². The Balaban J connectivity index is 1.92. The van der Waals surface area contributed by atoms with E-state index in [9.17, 15) is 4.79 Å². The smallest absolute Gasteiger partial charge is 0.194 e. The molecule has 1 aliphatic rings. The van der Waals surface area contributed by atoms with Crippen LogP contribution in [0.3, 0.4) is 0 Å². The molecule has 0 N–H and O–H groups in total. The second-order valence-electron chi connectivity index (χ2n) is 8.63. The van der Waals surface area contributed by atoms with Crippen molar-refractivity contribution in [2.45, 2.75) is 65.5 Å². The average Bonchev–Trinajstić information content (AvgIpc) is 2.72. The molecule has 0 spiro atoms. The second-order valence-corrected chi connectivity index (χ2v) is 8.63. The van der Waals surface area contributed by atoms with Crippen LogP contribution in [-0.4, -0.2) is 36.5 Å². The van der Waals surface area contributed by atoms with Crippen LogP contribution >= 0.6 is 0 Å². The van der Waals surface area contributed by atoms with Crippen LogP contribution < -0.4 is 4.74 Å². The molecule has 1 fully saturated rings. The third-order valence-electron chi connectivity index (χ3n) is 6.80. The van der Waals surface area contributed by atoms with E-state index in [2.05, 4.69) is 51.1 Å². The van der Waals surface area contributed by atoms with E-state index in [-0.39, 0.29) is 6.04 Å². The summed E-state index contributed by atoms with van der Waals surface area (Å²) in [6.07, 6.45) is 5.10. The average molecular weight is 395 g/mol. The lowest BCUT2D eigenvalue weighted by atomic mass is 9.91. The molecule has 1 heterocycles. The number of methoxy groups -OCH3 is 1. The molecular formula is C26H36NO2+. The van der Waals surface area contributed by atoms with E-state index in [1.54, 1.807) is 7.11 Å². The maximum Gasteiger partial charge on any atom is 0.194 e. The number of rotatable bonds is 8. The zero-order valence-electron chi connectivity index (χ0n) is 18.5. The summed E-state index contributed by atoms with van der Waals surface area (Å²) in [7, 11) is 1.74. The highest BCUT2D eigenvalue weighted by Crippen LogP contribution is 2.32. The first-order valence-corrected chi connectivity index (χ1v) is 11.1. The zero-order valence-corrected chi connectivity index (χ0v) is 18.5. The van der Waals surface area contributed by atoms with Crippen molar-refractivity contribution in [2.24, 2.45) is 0 Å². The number of aryl methyl sites for hydroxylation is 2. The van der Waals surface area contributed by atoms with Crippen LogP contribution in [0.25, 0.3) is 0 Å². The predicted molar refractivity (Wildman–Crippen MR) is 119 cm³/mol. The van der Waals surface area contributed by atoms with Gasteiger partial charge in [-0.15, -0.1) is 0 Å². The molecule has 0 saturated carbocycles. The number of carbonyl (C=O) groups is 1. The van der Waals surface area contributed by atoms with Crippen molar-refractivity contribution in [3.8, 4) is 5.75 Å². The highest BCUT2D eigenvalue weighted by molar-refractivity contribution is 5.85. The van der Waals surface area contributed by atoms with Crippen LogP contribution in [-0.2, 0) is 17.8 Å².